The lowest BCUT2D eigenvalue weighted by Crippen LogP contribution is -2.21. The van der Waals surface area contributed by atoms with E-state index in [0.717, 1.165) is 0 Å². The fraction of sp³-hybridized carbons (Fsp3) is 0.400. The fourth-order valence-corrected chi connectivity index (χ4v) is 1.90. The quantitative estimate of drug-likeness (QED) is 0.757. The summed E-state index contributed by atoms with van der Waals surface area (Å²) in [6, 6.07) is 4.18. The van der Waals surface area contributed by atoms with Gasteiger partial charge in [-0.25, -0.2) is 17.9 Å². The van der Waals surface area contributed by atoms with E-state index in [2.05, 4.69) is 15.9 Å². The summed E-state index contributed by atoms with van der Waals surface area (Å²) >= 11 is 3.14. The van der Waals surface area contributed by atoms with Gasteiger partial charge >= 0.3 is 0 Å². The van der Waals surface area contributed by atoms with Crippen LogP contribution in [0.4, 0.5) is 4.39 Å². The van der Waals surface area contributed by atoms with Gasteiger partial charge in [-0.2, -0.15) is 0 Å². The predicted octanol–water partition coefficient (Wildman–Crippen LogP) is 1.27. The minimum absolute atomic E-state index is 0.00897. The number of nitrogens with two attached hydrogens (primary N) is 1. The Morgan fingerprint density at radius 2 is 1.94 bits per heavy atom. The van der Waals surface area contributed by atoms with Gasteiger partial charge in [-0.1, -0.05) is 15.9 Å². The van der Waals surface area contributed by atoms with E-state index in [1.165, 1.54) is 12.1 Å². The highest BCUT2D eigenvalue weighted by Gasteiger charge is 2.02. The Bertz CT molecular complexity index is 474. The summed E-state index contributed by atoms with van der Waals surface area (Å²) in [6.45, 7) is 0.402. The first-order chi connectivity index (χ1) is 8.37. The van der Waals surface area contributed by atoms with Crippen molar-refractivity contribution in [2.45, 2.75) is 0 Å². The first kappa shape index (κ1) is 15.4. The Morgan fingerprint density at radius 3 is 2.56 bits per heavy atom. The summed E-state index contributed by atoms with van der Waals surface area (Å²) < 4.78 is 44.9. The highest BCUT2D eigenvalue weighted by Crippen LogP contribution is 2.20. The van der Waals surface area contributed by atoms with Crippen molar-refractivity contribution >= 4 is 26.0 Å². The molecular formula is C10H13BrFNO4S. The molecule has 0 radical (unpaired) electrons. The number of hydrogen-bond acceptors (Lipinski definition) is 4. The molecule has 5 nitrogen and oxygen atoms in total. The van der Waals surface area contributed by atoms with E-state index in [4.69, 9.17) is 14.6 Å². The molecule has 1 aromatic carbocycles. The molecule has 0 fully saturated rings. The topological polar surface area (TPSA) is 78.6 Å². The van der Waals surface area contributed by atoms with Gasteiger partial charge in [-0.3, -0.25) is 0 Å². The molecule has 2 N–H and O–H groups in total. The van der Waals surface area contributed by atoms with E-state index >= 15 is 0 Å². The average Bonchev–Trinajstić information content (AvgIpc) is 2.20. The third-order valence-corrected chi connectivity index (χ3v) is 3.04. The summed E-state index contributed by atoms with van der Waals surface area (Å²) in [5.41, 5.74) is 0. The molecule has 0 saturated carbocycles. The summed E-state index contributed by atoms with van der Waals surface area (Å²) in [5.74, 6) is -0.273. The molecule has 0 spiro atoms. The van der Waals surface area contributed by atoms with Crippen LogP contribution < -0.4 is 9.88 Å². The molecule has 8 heteroatoms. The Balaban J connectivity index is 2.22. The second kappa shape index (κ2) is 7.03. The van der Waals surface area contributed by atoms with Crippen LogP contribution in [0.15, 0.2) is 22.7 Å². The Labute approximate surface area is 113 Å². The smallest absolute Gasteiger partial charge is 0.211 e. The van der Waals surface area contributed by atoms with Crippen molar-refractivity contribution < 1.29 is 22.3 Å². The second-order valence-corrected chi connectivity index (χ2v) is 6.08. The van der Waals surface area contributed by atoms with Crippen LogP contribution in [-0.4, -0.2) is 34.0 Å². The van der Waals surface area contributed by atoms with Crippen molar-refractivity contribution in [2.75, 3.05) is 25.6 Å². The SMILES string of the molecule is NS(=O)(=O)CCOCCOc1cc(F)cc(Br)c1. The molecule has 0 aromatic heterocycles. The third-order valence-electron chi connectivity index (χ3n) is 1.84. The van der Waals surface area contributed by atoms with E-state index in [1.54, 1.807) is 6.07 Å². The van der Waals surface area contributed by atoms with Crippen LogP contribution in [0.2, 0.25) is 0 Å². The molecule has 1 rings (SSSR count). The molecular weight excluding hydrogens is 329 g/mol. The molecule has 0 aliphatic carbocycles. The number of rotatable bonds is 7. The van der Waals surface area contributed by atoms with Gasteiger partial charge in [0.05, 0.1) is 19.0 Å². The second-order valence-electron chi connectivity index (χ2n) is 3.43. The lowest BCUT2D eigenvalue weighted by atomic mass is 10.3. The Hall–Kier alpha value is -0.700. The van der Waals surface area contributed by atoms with Crippen molar-refractivity contribution in [3.63, 3.8) is 0 Å². The molecule has 0 aliphatic rings. The first-order valence-electron chi connectivity index (χ1n) is 5.04. The van der Waals surface area contributed by atoms with Crippen molar-refractivity contribution in [3.05, 3.63) is 28.5 Å². The minimum atomic E-state index is -3.50. The van der Waals surface area contributed by atoms with Gasteiger partial charge in [0.2, 0.25) is 10.0 Å². The van der Waals surface area contributed by atoms with Crippen molar-refractivity contribution in [1.82, 2.24) is 0 Å². The number of benzene rings is 1. The molecule has 0 heterocycles. The highest BCUT2D eigenvalue weighted by molar-refractivity contribution is 9.10. The van der Waals surface area contributed by atoms with Gasteiger partial charge in [0, 0.05) is 10.5 Å². The molecule has 18 heavy (non-hydrogen) atoms. The summed E-state index contributed by atoms with van der Waals surface area (Å²) in [7, 11) is -3.50. The largest absolute Gasteiger partial charge is 0.491 e. The fourth-order valence-electron chi connectivity index (χ4n) is 1.11. The zero-order chi connectivity index (χ0) is 13.6. The average molecular weight is 342 g/mol. The Kier molecular flexibility index (Phi) is 6.00. The van der Waals surface area contributed by atoms with Gasteiger partial charge in [0.15, 0.2) is 0 Å². The zero-order valence-corrected chi connectivity index (χ0v) is 11.8. The molecule has 0 bridgehead atoms. The number of ether oxygens (including phenoxy) is 2. The molecule has 0 unspecified atom stereocenters. The summed E-state index contributed by atoms with van der Waals surface area (Å²) in [6.07, 6.45) is 0. The summed E-state index contributed by atoms with van der Waals surface area (Å²) in [4.78, 5) is 0. The van der Waals surface area contributed by atoms with Crippen LogP contribution in [0.25, 0.3) is 0 Å². The number of halogens is 2. The Morgan fingerprint density at radius 1 is 1.22 bits per heavy atom. The lowest BCUT2D eigenvalue weighted by Gasteiger charge is -2.07. The molecule has 0 saturated heterocycles. The van der Waals surface area contributed by atoms with Crippen LogP contribution in [0.1, 0.15) is 0 Å². The minimum Gasteiger partial charge on any atom is -0.491 e. The molecule has 0 atom stereocenters. The van der Waals surface area contributed by atoms with Crippen molar-refractivity contribution in [1.29, 1.82) is 0 Å². The van der Waals surface area contributed by atoms with Crippen molar-refractivity contribution in [3.8, 4) is 5.75 Å². The normalized spacial score (nSPS) is 11.5. The van der Waals surface area contributed by atoms with Crippen LogP contribution in [0, 0.1) is 5.82 Å². The van der Waals surface area contributed by atoms with Gasteiger partial charge in [-0.05, 0) is 12.1 Å². The monoisotopic (exact) mass is 341 g/mol. The standard InChI is InChI=1S/C10H13BrFNO4S/c11-8-5-9(12)7-10(6-8)17-2-1-16-3-4-18(13,14)15/h5-7H,1-4H2,(H2,13,14,15). The van der Waals surface area contributed by atoms with Crippen LogP contribution in [-0.2, 0) is 14.8 Å². The maximum Gasteiger partial charge on any atom is 0.211 e. The van der Waals surface area contributed by atoms with E-state index < -0.39 is 15.8 Å². The van der Waals surface area contributed by atoms with E-state index in [0.29, 0.717) is 10.2 Å². The van der Waals surface area contributed by atoms with Gasteiger partial charge in [0.1, 0.15) is 18.2 Å². The molecule has 102 valence electrons. The van der Waals surface area contributed by atoms with Crippen molar-refractivity contribution in [2.24, 2.45) is 5.14 Å². The van der Waals surface area contributed by atoms with E-state index in [9.17, 15) is 12.8 Å². The first-order valence-corrected chi connectivity index (χ1v) is 7.55. The lowest BCUT2D eigenvalue weighted by molar-refractivity contribution is 0.111. The zero-order valence-electron chi connectivity index (χ0n) is 9.43. The maximum absolute atomic E-state index is 13.0. The predicted molar refractivity (Wildman–Crippen MR) is 68.4 cm³/mol. The number of sulfonamides is 1. The van der Waals surface area contributed by atoms with Gasteiger partial charge in [-0.15, -0.1) is 0 Å². The molecule has 1 aromatic rings. The molecule has 0 aliphatic heterocycles. The number of hydrogen-bond donors (Lipinski definition) is 1. The van der Waals surface area contributed by atoms with Crippen LogP contribution >= 0.6 is 15.9 Å². The van der Waals surface area contributed by atoms with Crippen LogP contribution in [0.5, 0.6) is 5.75 Å². The molecule has 0 amide bonds. The van der Waals surface area contributed by atoms with Gasteiger partial charge < -0.3 is 9.47 Å². The van der Waals surface area contributed by atoms with Gasteiger partial charge in [0.25, 0.3) is 0 Å². The maximum atomic E-state index is 13.0. The summed E-state index contributed by atoms with van der Waals surface area (Å²) in [5, 5.41) is 4.79. The highest BCUT2D eigenvalue weighted by atomic mass is 79.9. The van der Waals surface area contributed by atoms with E-state index in [-0.39, 0.29) is 25.6 Å². The van der Waals surface area contributed by atoms with Crippen LogP contribution in [0.3, 0.4) is 0 Å². The van der Waals surface area contributed by atoms with E-state index in [1.807, 2.05) is 0 Å². The third kappa shape index (κ3) is 6.90. The number of primary sulfonamides is 1.